The first-order valence-electron chi connectivity index (χ1n) is 3.73. The minimum Gasteiger partial charge on any atom is -0.394 e. The number of carbonyl (C=O) groups excluding carboxylic acids is 1. The predicted octanol–water partition coefficient (Wildman–Crippen LogP) is -1.96. The summed E-state index contributed by atoms with van der Waals surface area (Å²) >= 11 is 0. The molecule has 0 rings (SSSR count). The molecule has 0 saturated heterocycles. The van der Waals surface area contributed by atoms with Gasteiger partial charge in [0.05, 0.1) is 6.61 Å². The predicted molar refractivity (Wildman–Crippen MR) is 40.4 cm³/mol. The fourth-order valence-electron chi connectivity index (χ4n) is 0.688. The van der Waals surface area contributed by atoms with Gasteiger partial charge in [0.25, 0.3) is 0 Å². The van der Waals surface area contributed by atoms with E-state index in [0.29, 0.717) is 0 Å². The molecule has 12 heavy (non-hydrogen) atoms. The molecule has 72 valence electrons. The lowest BCUT2D eigenvalue weighted by atomic mass is 10.0. The molecule has 0 aliphatic carbocycles. The van der Waals surface area contributed by atoms with E-state index >= 15 is 0 Å². The molecule has 3 unspecified atom stereocenters. The largest absolute Gasteiger partial charge is 0.394 e. The Morgan fingerprint density at radius 1 is 1.33 bits per heavy atom. The number of aliphatic hydroxyl groups excluding tert-OH is 4. The van der Waals surface area contributed by atoms with Crippen LogP contribution in [0, 0.1) is 0 Å². The van der Waals surface area contributed by atoms with Crippen LogP contribution in [0.1, 0.15) is 13.3 Å². The van der Waals surface area contributed by atoms with Crippen LogP contribution in [0.3, 0.4) is 0 Å². The van der Waals surface area contributed by atoms with Crippen LogP contribution in [-0.2, 0) is 4.79 Å². The molecule has 0 heterocycles. The molecule has 5 heteroatoms. The summed E-state index contributed by atoms with van der Waals surface area (Å²) in [5, 5.41) is 35.1. The number of hydrogen-bond acceptors (Lipinski definition) is 5. The third kappa shape index (κ3) is 2.86. The lowest BCUT2D eigenvalue weighted by Gasteiger charge is -2.16. The van der Waals surface area contributed by atoms with Gasteiger partial charge in [-0.05, 0) is 6.42 Å². The van der Waals surface area contributed by atoms with Crippen molar-refractivity contribution in [2.45, 2.75) is 31.7 Å². The van der Waals surface area contributed by atoms with Gasteiger partial charge >= 0.3 is 0 Å². The molecule has 3 atom stereocenters. The summed E-state index contributed by atoms with van der Waals surface area (Å²) < 4.78 is 0. The van der Waals surface area contributed by atoms with Gasteiger partial charge in [0.2, 0.25) is 0 Å². The Morgan fingerprint density at radius 2 is 1.83 bits per heavy atom. The standard InChI is InChI=1S/C7H14O5/c1-2-4(9)6(11)7(12)5(10)3-8/h4-5,7-10,12H,2-3H2,1H3. The van der Waals surface area contributed by atoms with Crippen LogP contribution < -0.4 is 0 Å². The summed E-state index contributed by atoms with van der Waals surface area (Å²) in [5.41, 5.74) is 0. The van der Waals surface area contributed by atoms with Crippen molar-refractivity contribution in [2.24, 2.45) is 0 Å². The number of ketones is 1. The van der Waals surface area contributed by atoms with Gasteiger partial charge in [-0.1, -0.05) is 6.92 Å². The number of Topliss-reactive ketones (excluding diaryl/α,β-unsaturated/α-hetero) is 1. The van der Waals surface area contributed by atoms with Gasteiger partial charge in [-0.25, -0.2) is 0 Å². The van der Waals surface area contributed by atoms with E-state index in [1.165, 1.54) is 0 Å². The van der Waals surface area contributed by atoms with Crippen molar-refractivity contribution in [3.05, 3.63) is 0 Å². The summed E-state index contributed by atoms with van der Waals surface area (Å²) in [6.07, 6.45) is -4.32. The first-order valence-corrected chi connectivity index (χ1v) is 3.73. The van der Waals surface area contributed by atoms with Crippen molar-refractivity contribution in [1.29, 1.82) is 0 Å². The van der Waals surface area contributed by atoms with Crippen molar-refractivity contribution in [1.82, 2.24) is 0 Å². The van der Waals surface area contributed by atoms with Crippen LogP contribution in [0.15, 0.2) is 0 Å². The van der Waals surface area contributed by atoms with Crippen molar-refractivity contribution < 1.29 is 25.2 Å². The van der Waals surface area contributed by atoms with Crippen LogP contribution in [-0.4, -0.2) is 51.1 Å². The van der Waals surface area contributed by atoms with E-state index in [9.17, 15) is 4.79 Å². The number of aliphatic hydroxyl groups is 4. The van der Waals surface area contributed by atoms with Crippen LogP contribution >= 0.6 is 0 Å². The smallest absolute Gasteiger partial charge is 0.192 e. The van der Waals surface area contributed by atoms with Gasteiger partial charge < -0.3 is 20.4 Å². The molecule has 0 aromatic heterocycles. The van der Waals surface area contributed by atoms with Gasteiger partial charge in [0, 0.05) is 0 Å². The maximum absolute atomic E-state index is 10.9. The maximum Gasteiger partial charge on any atom is 0.192 e. The molecule has 0 bridgehead atoms. The van der Waals surface area contributed by atoms with Crippen LogP contribution in [0.5, 0.6) is 0 Å². The van der Waals surface area contributed by atoms with Crippen molar-refractivity contribution in [2.75, 3.05) is 6.61 Å². The Labute approximate surface area is 70.3 Å². The summed E-state index contributed by atoms with van der Waals surface area (Å²) in [7, 11) is 0. The number of rotatable bonds is 5. The minimum absolute atomic E-state index is 0.175. The zero-order chi connectivity index (χ0) is 9.72. The SMILES string of the molecule is CCC(O)C(=O)C(O)C(O)CO. The van der Waals surface area contributed by atoms with Gasteiger partial charge in [0.15, 0.2) is 5.78 Å². The Bertz CT molecular complexity index is 147. The summed E-state index contributed by atoms with van der Waals surface area (Å²) in [4.78, 5) is 10.9. The fraction of sp³-hybridized carbons (Fsp3) is 0.857. The molecule has 0 aliphatic rings. The second-order valence-corrected chi connectivity index (χ2v) is 2.52. The van der Waals surface area contributed by atoms with E-state index in [1.807, 2.05) is 0 Å². The van der Waals surface area contributed by atoms with Crippen molar-refractivity contribution in [3.8, 4) is 0 Å². The molecule has 0 radical (unpaired) electrons. The molecule has 5 nitrogen and oxygen atoms in total. The monoisotopic (exact) mass is 178 g/mol. The molecule has 0 amide bonds. The Balaban J connectivity index is 4.09. The first-order chi connectivity index (χ1) is 5.54. The second kappa shape index (κ2) is 5.21. The molecule has 0 aromatic carbocycles. The van der Waals surface area contributed by atoms with E-state index in [-0.39, 0.29) is 6.42 Å². The average molecular weight is 178 g/mol. The van der Waals surface area contributed by atoms with E-state index < -0.39 is 30.7 Å². The number of carbonyl (C=O) groups is 1. The molecule has 4 N–H and O–H groups in total. The summed E-state index contributed by atoms with van der Waals surface area (Å²) in [6, 6.07) is 0. The highest BCUT2D eigenvalue weighted by atomic mass is 16.4. The van der Waals surface area contributed by atoms with E-state index in [1.54, 1.807) is 6.92 Å². The highest BCUT2D eigenvalue weighted by molar-refractivity contribution is 5.87. The Morgan fingerprint density at radius 3 is 2.17 bits per heavy atom. The molecule has 0 aromatic rings. The molecular formula is C7H14O5. The lowest BCUT2D eigenvalue weighted by Crippen LogP contribution is -2.41. The molecule has 0 aliphatic heterocycles. The van der Waals surface area contributed by atoms with E-state index in [2.05, 4.69) is 0 Å². The van der Waals surface area contributed by atoms with Crippen LogP contribution in [0.25, 0.3) is 0 Å². The topological polar surface area (TPSA) is 98.0 Å². The third-order valence-corrected chi connectivity index (χ3v) is 1.56. The maximum atomic E-state index is 10.9. The third-order valence-electron chi connectivity index (χ3n) is 1.56. The lowest BCUT2D eigenvalue weighted by molar-refractivity contribution is -0.143. The summed E-state index contributed by atoms with van der Waals surface area (Å²) in [5.74, 6) is -0.862. The zero-order valence-corrected chi connectivity index (χ0v) is 6.84. The second-order valence-electron chi connectivity index (χ2n) is 2.52. The van der Waals surface area contributed by atoms with E-state index in [0.717, 1.165) is 0 Å². The van der Waals surface area contributed by atoms with Gasteiger partial charge in [-0.3, -0.25) is 4.79 Å². The highest BCUT2D eigenvalue weighted by Crippen LogP contribution is 2.01. The highest BCUT2D eigenvalue weighted by Gasteiger charge is 2.27. The van der Waals surface area contributed by atoms with Gasteiger partial charge in [-0.15, -0.1) is 0 Å². The van der Waals surface area contributed by atoms with Crippen LogP contribution in [0.2, 0.25) is 0 Å². The first kappa shape index (κ1) is 11.5. The normalized spacial score (nSPS) is 18.4. The Kier molecular flexibility index (Phi) is 5.00. The number of hydrogen-bond donors (Lipinski definition) is 4. The van der Waals surface area contributed by atoms with Crippen molar-refractivity contribution >= 4 is 5.78 Å². The molecule has 0 saturated carbocycles. The summed E-state index contributed by atoms with van der Waals surface area (Å²) in [6.45, 7) is 0.865. The average Bonchev–Trinajstić information content (AvgIpc) is 2.12. The quantitative estimate of drug-likeness (QED) is 0.392. The van der Waals surface area contributed by atoms with Crippen LogP contribution in [0.4, 0.5) is 0 Å². The molecular weight excluding hydrogens is 164 g/mol. The molecule has 0 spiro atoms. The fourth-order valence-corrected chi connectivity index (χ4v) is 0.688. The van der Waals surface area contributed by atoms with Gasteiger partial charge in [0.1, 0.15) is 18.3 Å². The van der Waals surface area contributed by atoms with E-state index in [4.69, 9.17) is 20.4 Å². The van der Waals surface area contributed by atoms with Gasteiger partial charge in [-0.2, -0.15) is 0 Å². The zero-order valence-electron chi connectivity index (χ0n) is 6.84. The Hall–Kier alpha value is -0.490. The molecule has 0 fully saturated rings. The van der Waals surface area contributed by atoms with Crippen molar-refractivity contribution in [3.63, 3.8) is 0 Å². The minimum atomic E-state index is -1.70.